The topological polar surface area (TPSA) is 71.2 Å². The third-order valence-electron chi connectivity index (χ3n) is 4.14. The van der Waals surface area contributed by atoms with Crippen molar-refractivity contribution in [1.82, 2.24) is 14.8 Å². The minimum Gasteiger partial charge on any atom is -0.476 e. The lowest BCUT2D eigenvalue weighted by molar-refractivity contribution is 0.0691. The summed E-state index contributed by atoms with van der Waals surface area (Å²) in [5.74, 6) is -1.04. The molecule has 0 fully saturated rings. The Bertz CT molecular complexity index is 1100. The number of benzene rings is 2. The zero-order valence-electron chi connectivity index (χ0n) is 14.2. The predicted molar refractivity (Wildman–Crippen MR) is 103 cm³/mol. The number of hydrogen-bond acceptors (Lipinski definition) is 5. The van der Waals surface area contributed by atoms with Crippen LogP contribution in [0.1, 0.15) is 10.5 Å². The van der Waals surface area contributed by atoms with Crippen molar-refractivity contribution in [2.24, 2.45) is 0 Å². The van der Waals surface area contributed by atoms with Gasteiger partial charge in [-0.1, -0.05) is 30.3 Å². The van der Waals surface area contributed by atoms with Gasteiger partial charge >= 0.3 is 5.97 Å². The molecule has 6 nitrogen and oxygen atoms in total. The second-order valence-electron chi connectivity index (χ2n) is 6.04. The molecule has 7 heteroatoms. The van der Waals surface area contributed by atoms with Crippen molar-refractivity contribution in [1.29, 1.82) is 0 Å². The summed E-state index contributed by atoms with van der Waals surface area (Å²) in [5, 5.41) is 16.9. The van der Waals surface area contributed by atoms with Crippen molar-refractivity contribution in [3.8, 4) is 16.4 Å². The van der Waals surface area contributed by atoms with Crippen LogP contribution in [0.4, 0.5) is 5.69 Å². The largest absolute Gasteiger partial charge is 0.476 e. The van der Waals surface area contributed by atoms with Gasteiger partial charge in [0.05, 0.1) is 5.52 Å². The van der Waals surface area contributed by atoms with E-state index < -0.39 is 5.97 Å². The number of thiazole rings is 1. The summed E-state index contributed by atoms with van der Waals surface area (Å²) in [6, 6.07) is 16.1. The van der Waals surface area contributed by atoms with Crippen molar-refractivity contribution in [2.45, 2.75) is 0 Å². The number of aromatic nitrogens is 3. The van der Waals surface area contributed by atoms with Crippen LogP contribution in [0.2, 0.25) is 0 Å². The van der Waals surface area contributed by atoms with E-state index in [0.29, 0.717) is 5.13 Å². The predicted octanol–water partition coefficient (Wildman–Crippen LogP) is 3.91. The molecule has 0 aliphatic carbocycles. The number of fused-ring (bicyclic) bond motifs is 1. The summed E-state index contributed by atoms with van der Waals surface area (Å²) >= 11 is 1.26. The van der Waals surface area contributed by atoms with E-state index in [0.717, 1.165) is 27.8 Å². The summed E-state index contributed by atoms with van der Waals surface area (Å²) in [5.41, 5.74) is 3.88. The minimum atomic E-state index is -1.04. The zero-order chi connectivity index (χ0) is 18.3. The van der Waals surface area contributed by atoms with Crippen LogP contribution in [-0.4, -0.2) is 39.9 Å². The lowest BCUT2D eigenvalue weighted by atomic mass is 10.1. The summed E-state index contributed by atoms with van der Waals surface area (Å²) in [6.45, 7) is 0. The maximum Gasteiger partial charge on any atom is 0.355 e. The number of aromatic carboxylic acids is 1. The summed E-state index contributed by atoms with van der Waals surface area (Å²) in [7, 11) is 4.00. The first-order chi connectivity index (χ1) is 12.5. The van der Waals surface area contributed by atoms with E-state index in [1.165, 1.54) is 16.7 Å². The highest BCUT2D eigenvalue weighted by Gasteiger charge is 2.17. The molecule has 1 N–H and O–H groups in total. The second-order valence-corrected chi connectivity index (χ2v) is 6.88. The van der Waals surface area contributed by atoms with Gasteiger partial charge in [0.2, 0.25) is 5.13 Å². The van der Waals surface area contributed by atoms with Gasteiger partial charge in [0.15, 0.2) is 5.69 Å². The highest BCUT2D eigenvalue weighted by atomic mass is 32.1. The molecule has 4 rings (SSSR count). The SMILES string of the molecule is CN(C)c1ccc(-c2nn(-c3nc(C(=O)O)cs3)c3ccccc23)cc1. The molecule has 130 valence electrons. The first-order valence-electron chi connectivity index (χ1n) is 7.99. The van der Waals surface area contributed by atoms with Crippen LogP contribution in [0.5, 0.6) is 0 Å². The Morgan fingerprint density at radius 3 is 2.50 bits per heavy atom. The molecule has 0 bridgehead atoms. The maximum atomic E-state index is 11.1. The first-order valence-corrected chi connectivity index (χ1v) is 8.87. The second kappa shape index (κ2) is 6.27. The fourth-order valence-corrected chi connectivity index (χ4v) is 3.56. The Labute approximate surface area is 154 Å². The summed E-state index contributed by atoms with van der Waals surface area (Å²) in [4.78, 5) is 17.4. The molecule has 0 atom stereocenters. The van der Waals surface area contributed by atoms with Crippen molar-refractivity contribution < 1.29 is 9.90 Å². The lowest BCUT2D eigenvalue weighted by Gasteiger charge is -2.12. The molecule has 0 amide bonds. The molecule has 0 spiro atoms. The number of anilines is 1. The number of carboxylic acid groups (broad SMARTS) is 1. The highest BCUT2D eigenvalue weighted by molar-refractivity contribution is 7.12. The van der Waals surface area contributed by atoms with Gasteiger partial charge in [0.1, 0.15) is 5.69 Å². The molecule has 4 aromatic rings. The Hall–Kier alpha value is -3.19. The fourth-order valence-electron chi connectivity index (χ4n) is 2.80. The normalized spacial score (nSPS) is 11.0. The van der Waals surface area contributed by atoms with Crippen molar-refractivity contribution in [2.75, 3.05) is 19.0 Å². The van der Waals surface area contributed by atoms with Gasteiger partial charge in [-0.25, -0.2) is 14.5 Å². The zero-order valence-corrected chi connectivity index (χ0v) is 15.1. The molecule has 2 aromatic heterocycles. The van der Waals surface area contributed by atoms with Crippen LogP contribution in [-0.2, 0) is 0 Å². The highest BCUT2D eigenvalue weighted by Crippen LogP contribution is 2.31. The standard InChI is InChI=1S/C19H16N4O2S/c1-22(2)13-9-7-12(8-10-13)17-14-5-3-4-6-16(14)23(21-17)19-20-15(11-26-19)18(24)25/h3-11H,1-2H3,(H,24,25). The van der Waals surface area contributed by atoms with Gasteiger partial charge in [-0.05, 0) is 18.2 Å². The van der Waals surface area contributed by atoms with Gasteiger partial charge in [0, 0.05) is 36.1 Å². The van der Waals surface area contributed by atoms with Crippen LogP contribution in [0.25, 0.3) is 27.3 Å². The van der Waals surface area contributed by atoms with E-state index in [4.69, 9.17) is 10.2 Å². The van der Waals surface area contributed by atoms with Crippen LogP contribution in [0, 0.1) is 0 Å². The quantitative estimate of drug-likeness (QED) is 0.594. The molecule has 26 heavy (non-hydrogen) atoms. The smallest absolute Gasteiger partial charge is 0.355 e. The van der Waals surface area contributed by atoms with Gasteiger partial charge in [0.25, 0.3) is 0 Å². The van der Waals surface area contributed by atoms with E-state index in [-0.39, 0.29) is 5.69 Å². The summed E-state index contributed by atoms with van der Waals surface area (Å²) < 4.78 is 1.71. The van der Waals surface area contributed by atoms with E-state index >= 15 is 0 Å². The molecule has 0 saturated heterocycles. The van der Waals surface area contributed by atoms with Crippen LogP contribution in [0.3, 0.4) is 0 Å². The Morgan fingerprint density at radius 1 is 1.12 bits per heavy atom. The molecule has 2 heterocycles. The first kappa shape index (κ1) is 16.3. The number of carboxylic acids is 1. The summed E-state index contributed by atoms with van der Waals surface area (Å²) in [6.07, 6.45) is 0. The van der Waals surface area contributed by atoms with Crippen molar-refractivity contribution in [3.05, 3.63) is 59.6 Å². The third-order valence-corrected chi connectivity index (χ3v) is 4.95. The molecule has 0 saturated carbocycles. The molecule has 0 unspecified atom stereocenters. The third kappa shape index (κ3) is 2.72. The monoisotopic (exact) mass is 364 g/mol. The number of hydrogen-bond donors (Lipinski definition) is 1. The van der Waals surface area contributed by atoms with Crippen LogP contribution in [0.15, 0.2) is 53.9 Å². The lowest BCUT2D eigenvalue weighted by Crippen LogP contribution is -2.07. The molecule has 2 aromatic carbocycles. The van der Waals surface area contributed by atoms with E-state index in [9.17, 15) is 4.79 Å². The van der Waals surface area contributed by atoms with Gasteiger partial charge in [-0.15, -0.1) is 11.3 Å². The Balaban J connectivity index is 1.87. The Morgan fingerprint density at radius 2 is 1.85 bits per heavy atom. The van der Waals surface area contributed by atoms with Gasteiger partial charge < -0.3 is 10.0 Å². The maximum absolute atomic E-state index is 11.1. The molecular formula is C19H16N4O2S. The number of para-hydroxylation sites is 1. The van der Waals surface area contributed by atoms with Crippen LogP contribution >= 0.6 is 11.3 Å². The Kier molecular flexibility index (Phi) is 3.93. The average Bonchev–Trinajstić information content (AvgIpc) is 3.27. The number of nitrogens with zero attached hydrogens (tertiary/aromatic N) is 4. The van der Waals surface area contributed by atoms with Crippen LogP contribution < -0.4 is 4.90 Å². The van der Waals surface area contributed by atoms with E-state index in [2.05, 4.69) is 17.1 Å². The van der Waals surface area contributed by atoms with E-state index in [1.54, 1.807) is 4.68 Å². The van der Waals surface area contributed by atoms with Gasteiger partial charge in [-0.3, -0.25) is 0 Å². The van der Waals surface area contributed by atoms with Crippen molar-refractivity contribution >= 4 is 33.9 Å². The number of rotatable bonds is 4. The molecule has 0 aliphatic rings. The fraction of sp³-hybridized carbons (Fsp3) is 0.105. The molecule has 0 radical (unpaired) electrons. The average molecular weight is 364 g/mol. The number of carbonyl (C=O) groups is 1. The molecule has 0 aliphatic heterocycles. The van der Waals surface area contributed by atoms with E-state index in [1.807, 2.05) is 55.4 Å². The minimum absolute atomic E-state index is 0.0291. The molecular weight excluding hydrogens is 348 g/mol. The van der Waals surface area contributed by atoms with Crippen molar-refractivity contribution in [3.63, 3.8) is 0 Å². The van der Waals surface area contributed by atoms with Gasteiger partial charge in [-0.2, -0.15) is 5.10 Å².